The lowest BCUT2D eigenvalue weighted by Crippen LogP contribution is -2.33. The number of rotatable bonds is 4. The quantitative estimate of drug-likeness (QED) is 0.333. The number of allylic oxidation sites excluding steroid dienone is 1. The van der Waals surface area contributed by atoms with Crippen molar-refractivity contribution >= 4 is 39.6 Å². The first-order chi connectivity index (χ1) is 14.2. The van der Waals surface area contributed by atoms with Crippen LogP contribution in [0.4, 0.5) is 5.69 Å². The predicted octanol–water partition coefficient (Wildman–Crippen LogP) is 6.84. The van der Waals surface area contributed by atoms with Crippen LogP contribution in [0.15, 0.2) is 90.3 Å². The third-order valence-corrected chi connectivity index (χ3v) is 6.93. The molecule has 4 aromatic rings. The fourth-order valence-corrected chi connectivity index (χ4v) is 5.39. The van der Waals surface area contributed by atoms with E-state index in [2.05, 4.69) is 115 Å². The average Bonchev–Trinajstić information content (AvgIpc) is 3.33. The molecule has 29 heavy (non-hydrogen) atoms. The smallest absolute Gasteiger partial charge is 0.198 e. The highest BCUT2D eigenvalue weighted by molar-refractivity contribution is 7.10. The molecule has 1 aliphatic heterocycles. The topological polar surface area (TPSA) is 3.01 Å². The van der Waals surface area contributed by atoms with Crippen molar-refractivity contribution < 1.29 is 4.58 Å². The van der Waals surface area contributed by atoms with Crippen molar-refractivity contribution in [3.8, 4) is 0 Å². The van der Waals surface area contributed by atoms with E-state index in [1.807, 2.05) is 0 Å². The summed E-state index contributed by atoms with van der Waals surface area (Å²) >= 11 is 1.78. The summed E-state index contributed by atoms with van der Waals surface area (Å²) in [6.07, 6.45) is 5.56. The summed E-state index contributed by atoms with van der Waals surface area (Å²) in [7, 11) is 2.21. The summed E-state index contributed by atoms with van der Waals surface area (Å²) in [5.74, 6) is 0. The van der Waals surface area contributed by atoms with Gasteiger partial charge in [-0.1, -0.05) is 60.7 Å². The van der Waals surface area contributed by atoms with Crippen LogP contribution in [0.1, 0.15) is 22.9 Å². The Morgan fingerprint density at radius 3 is 2.45 bits per heavy atom. The molecule has 0 saturated carbocycles. The molecular weight excluding hydrogens is 370 g/mol. The van der Waals surface area contributed by atoms with Crippen molar-refractivity contribution in [1.82, 2.24) is 0 Å². The van der Waals surface area contributed by atoms with Crippen molar-refractivity contribution in [3.63, 3.8) is 0 Å². The van der Waals surface area contributed by atoms with Gasteiger partial charge in [0.1, 0.15) is 7.05 Å². The van der Waals surface area contributed by atoms with E-state index in [1.54, 1.807) is 11.3 Å². The molecule has 1 aromatic heterocycles. The summed E-state index contributed by atoms with van der Waals surface area (Å²) in [6.45, 7) is 2.41. The zero-order valence-electron chi connectivity index (χ0n) is 16.8. The van der Waals surface area contributed by atoms with Gasteiger partial charge in [0.25, 0.3) is 0 Å². The van der Waals surface area contributed by atoms with Crippen LogP contribution in [-0.4, -0.2) is 17.3 Å². The molecule has 142 valence electrons. The maximum absolute atomic E-state index is 2.41. The van der Waals surface area contributed by atoms with Crippen LogP contribution in [0.2, 0.25) is 0 Å². The minimum absolute atomic E-state index is 0.0972. The van der Waals surface area contributed by atoms with Gasteiger partial charge in [-0.05, 0) is 53.3 Å². The first kappa shape index (κ1) is 18.1. The van der Waals surface area contributed by atoms with E-state index in [0.29, 0.717) is 0 Å². The van der Waals surface area contributed by atoms with Crippen LogP contribution in [-0.2, 0) is 11.8 Å². The lowest BCUT2D eigenvalue weighted by Gasteiger charge is -2.24. The van der Waals surface area contributed by atoms with Gasteiger partial charge in [-0.15, -0.1) is 11.3 Å². The van der Waals surface area contributed by atoms with Crippen LogP contribution < -0.4 is 0 Å². The second-order valence-corrected chi connectivity index (χ2v) is 8.95. The molecule has 1 unspecified atom stereocenters. The summed E-state index contributed by atoms with van der Waals surface area (Å²) in [5, 5.41) is 4.80. The largest absolute Gasteiger partial charge is 0.210 e. The summed E-state index contributed by atoms with van der Waals surface area (Å²) in [6, 6.07) is 28.5. The van der Waals surface area contributed by atoms with E-state index in [0.717, 1.165) is 6.42 Å². The molecule has 1 atom stereocenters. The Kier molecular flexibility index (Phi) is 4.44. The Labute approximate surface area is 176 Å². The zero-order chi connectivity index (χ0) is 19.8. The normalized spacial score (nSPS) is 18.7. The molecule has 0 spiro atoms. The third-order valence-electron chi connectivity index (χ3n) is 6.10. The SMILES string of the molecule is C[N+]1=C(/C=C/c2cccs2)C(C)(Cc2ccccc2)c2c1ccc1ccccc21. The van der Waals surface area contributed by atoms with Crippen molar-refractivity contribution in [3.05, 3.63) is 106 Å². The van der Waals surface area contributed by atoms with E-state index >= 15 is 0 Å². The highest BCUT2D eigenvalue weighted by Gasteiger charge is 2.47. The fourth-order valence-electron chi connectivity index (χ4n) is 4.77. The summed E-state index contributed by atoms with van der Waals surface area (Å²) < 4.78 is 2.38. The standard InChI is InChI=1S/C27H24NS/c1-27(19-20-9-4-3-5-10-20)25(17-15-22-12-8-18-29-22)28(2)24-16-14-21-11-6-7-13-23(21)26(24)27/h3-18H,19H2,1-2H3/q+1/b17-15+. The maximum Gasteiger partial charge on any atom is 0.210 e. The van der Waals surface area contributed by atoms with Crippen LogP contribution in [0.25, 0.3) is 16.8 Å². The Morgan fingerprint density at radius 1 is 0.862 bits per heavy atom. The third kappa shape index (κ3) is 3.04. The minimum atomic E-state index is -0.0972. The first-order valence-corrected chi connectivity index (χ1v) is 10.9. The highest BCUT2D eigenvalue weighted by atomic mass is 32.1. The monoisotopic (exact) mass is 394 g/mol. The Balaban J connectivity index is 1.72. The van der Waals surface area contributed by atoms with E-state index in [1.165, 1.54) is 38.2 Å². The van der Waals surface area contributed by atoms with Crippen LogP contribution in [0.3, 0.4) is 0 Å². The van der Waals surface area contributed by atoms with Crippen molar-refractivity contribution in [1.29, 1.82) is 0 Å². The van der Waals surface area contributed by atoms with Gasteiger partial charge < -0.3 is 0 Å². The van der Waals surface area contributed by atoms with Gasteiger partial charge >= 0.3 is 0 Å². The van der Waals surface area contributed by atoms with Gasteiger partial charge in [0.2, 0.25) is 5.69 Å². The molecule has 0 saturated heterocycles. The summed E-state index contributed by atoms with van der Waals surface area (Å²) in [4.78, 5) is 1.29. The van der Waals surface area contributed by atoms with Gasteiger partial charge in [-0.3, -0.25) is 0 Å². The van der Waals surface area contributed by atoms with E-state index in [9.17, 15) is 0 Å². The van der Waals surface area contributed by atoms with E-state index < -0.39 is 0 Å². The number of thiophene rings is 1. The number of benzene rings is 3. The molecule has 5 rings (SSSR count). The molecule has 0 amide bonds. The van der Waals surface area contributed by atoms with Gasteiger partial charge in [-0.2, -0.15) is 4.58 Å². The van der Waals surface area contributed by atoms with Gasteiger partial charge in [-0.25, -0.2) is 0 Å². The second-order valence-electron chi connectivity index (χ2n) is 7.97. The Hall–Kier alpha value is -2.97. The molecule has 0 N–H and O–H groups in total. The van der Waals surface area contributed by atoms with E-state index in [4.69, 9.17) is 0 Å². The molecular formula is C27H24NS+. The molecule has 2 heteroatoms. The molecule has 1 nitrogen and oxygen atoms in total. The molecule has 1 aliphatic rings. The van der Waals surface area contributed by atoms with Crippen molar-refractivity contribution in [2.75, 3.05) is 7.05 Å². The lowest BCUT2D eigenvalue weighted by molar-refractivity contribution is -0.401. The van der Waals surface area contributed by atoms with Crippen LogP contribution >= 0.6 is 11.3 Å². The minimum Gasteiger partial charge on any atom is -0.198 e. The van der Waals surface area contributed by atoms with Crippen LogP contribution in [0, 0.1) is 0 Å². The van der Waals surface area contributed by atoms with Crippen molar-refractivity contribution in [2.45, 2.75) is 18.8 Å². The first-order valence-electron chi connectivity index (χ1n) is 10.1. The molecule has 2 heterocycles. The molecule has 0 fully saturated rings. The van der Waals surface area contributed by atoms with E-state index in [-0.39, 0.29) is 5.41 Å². The van der Waals surface area contributed by atoms with Gasteiger partial charge in [0, 0.05) is 22.6 Å². The average molecular weight is 395 g/mol. The lowest BCUT2D eigenvalue weighted by atomic mass is 9.73. The van der Waals surface area contributed by atoms with Gasteiger partial charge in [0.05, 0.1) is 5.41 Å². The maximum atomic E-state index is 2.41. The molecule has 0 aliphatic carbocycles. The fraction of sp³-hybridized carbons (Fsp3) is 0.148. The Bertz CT molecular complexity index is 1230. The zero-order valence-corrected chi connectivity index (χ0v) is 17.6. The number of fused-ring (bicyclic) bond motifs is 3. The predicted molar refractivity (Wildman–Crippen MR) is 126 cm³/mol. The summed E-state index contributed by atoms with van der Waals surface area (Å²) in [5.41, 5.74) is 5.37. The number of hydrogen-bond acceptors (Lipinski definition) is 1. The second kappa shape index (κ2) is 7.13. The van der Waals surface area contributed by atoms with Crippen molar-refractivity contribution in [2.24, 2.45) is 0 Å². The Morgan fingerprint density at radius 2 is 1.66 bits per heavy atom. The number of nitrogens with zero attached hydrogens (tertiary/aromatic N) is 1. The molecule has 0 bridgehead atoms. The highest BCUT2D eigenvalue weighted by Crippen LogP contribution is 2.45. The molecule has 3 aromatic carbocycles. The number of hydrogen-bond donors (Lipinski definition) is 0. The molecule has 0 radical (unpaired) electrons. The van der Waals surface area contributed by atoms with Gasteiger partial charge in [0.15, 0.2) is 5.71 Å². The van der Waals surface area contributed by atoms with Crippen LogP contribution in [0.5, 0.6) is 0 Å².